The van der Waals surface area contributed by atoms with E-state index in [4.69, 9.17) is 9.47 Å². The van der Waals surface area contributed by atoms with Gasteiger partial charge in [0.25, 0.3) is 5.91 Å². The number of carboxylic acid groups (broad SMARTS) is 1. The van der Waals surface area contributed by atoms with Crippen molar-refractivity contribution in [3.63, 3.8) is 0 Å². The fraction of sp³-hybridized carbons (Fsp3) is 0.476. The lowest BCUT2D eigenvalue weighted by Crippen LogP contribution is -2.70. The summed E-state index contributed by atoms with van der Waals surface area (Å²) in [5, 5.41) is 11.7. The number of nitrogens with one attached hydrogen (secondary N) is 2. The first-order chi connectivity index (χ1) is 15.6. The number of carbonyl (C=O) groups excluding carboxylic acids is 4. The van der Waals surface area contributed by atoms with E-state index in [1.807, 2.05) is 0 Å². The molecule has 33 heavy (non-hydrogen) atoms. The minimum absolute atomic E-state index is 0.0907. The molecule has 0 radical (unpaired) electrons. The molecule has 0 unspecified atom stereocenters. The normalized spacial score (nSPS) is 19.5. The Hall–Kier alpha value is -3.28. The van der Waals surface area contributed by atoms with Crippen LogP contribution < -0.4 is 5.32 Å². The summed E-state index contributed by atoms with van der Waals surface area (Å²) < 4.78 is 9.95. The van der Waals surface area contributed by atoms with Crippen LogP contribution in [-0.4, -0.2) is 75.1 Å². The number of hydrogen-bond acceptors (Lipinski definition) is 8. The van der Waals surface area contributed by atoms with E-state index in [1.165, 1.54) is 18.7 Å². The van der Waals surface area contributed by atoms with Gasteiger partial charge in [0.2, 0.25) is 5.91 Å². The van der Waals surface area contributed by atoms with Crippen molar-refractivity contribution in [1.29, 1.82) is 0 Å². The van der Waals surface area contributed by atoms with Crippen LogP contribution in [0.1, 0.15) is 41.2 Å². The molecular formula is C21H25N3O8S. The van der Waals surface area contributed by atoms with Gasteiger partial charge in [0, 0.05) is 29.6 Å². The molecule has 0 aliphatic carbocycles. The number of aromatic nitrogens is 1. The van der Waals surface area contributed by atoms with Gasteiger partial charge in [-0.25, -0.2) is 9.59 Å². The number of ether oxygens (including phenoxy) is 2. The van der Waals surface area contributed by atoms with Gasteiger partial charge >= 0.3 is 17.9 Å². The maximum absolute atomic E-state index is 12.7. The zero-order valence-electron chi connectivity index (χ0n) is 18.6. The lowest BCUT2D eigenvalue weighted by atomic mass is 10.0. The molecule has 0 aromatic carbocycles. The monoisotopic (exact) mass is 479 g/mol. The molecule has 3 N–H and O–H groups in total. The number of hydrogen-bond donors (Lipinski definition) is 3. The number of β-lactam (4-membered cyclic amide) rings is 1. The van der Waals surface area contributed by atoms with E-state index >= 15 is 0 Å². The van der Waals surface area contributed by atoms with Crippen molar-refractivity contribution in [3.05, 3.63) is 33.8 Å². The Morgan fingerprint density at radius 3 is 2.55 bits per heavy atom. The first-order valence-corrected chi connectivity index (χ1v) is 11.3. The Bertz CT molecular complexity index is 1060. The molecule has 3 rings (SSSR count). The molecular weight excluding hydrogens is 454 g/mol. The van der Waals surface area contributed by atoms with Crippen molar-refractivity contribution < 1.29 is 38.6 Å². The molecule has 11 nitrogen and oxygen atoms in total. The summed E-state index contributed by atoms with van der Waals surface area (Å²) in [6, 6.07) is -0.881. The van der Waals surface area contributed by atoms with E-state index in [9.17, 15) is 29.1 Å². The number of aryl methyl sites for hydroxylation is 1. The molecule has 1 saturated heterocycles. The standard InChI is InChI=1S/C21H25N3O8S/c1-5-31-21(30)15-9(2)13(22-10(15)3)6-14(26)23-16-18(27)24-17(20(28)29)12(7-32-11(4)25)8-33-19(16)24/h16,19,22H,5-8H2,1-4H3,(H,23,26)(H,28,29)/t16-,19-/m1/s1. The number of carboxylic acids is 1. The molecule has 178 valence electrons. The van der Waals surface area contributed by atoms with Crippen molar-refractivity contribution >= 4 is 41.5 Å². The van der Waals surface area contributed by atoms with E-state index in [2.05, 4.69) is 10.3 Å². The highest BCUT2D eigenvalue weighted by Crippen LogP contribution is 2.40. The summed E-state index contributed by atoms with van der Waals surface area (Å²) in [6.07, 6.45) is -0.0907. The third-order valence-corrected chi connectivity index (χ3v) is 6.71. The van der Waals surface area contributed by atoms with Crippen LogP contribution in [-0.2, 0) is 35.1 Å². The molecule has 2 aliphatic rings. The lowest BCUT2D eigenvalue weighted by Gasteiger charge is -2.49. The number of amides is 2. The summed E-state index contributed by atoms with van der Waals surface area (Å²) in [7, 11) is 0. The van der Waals surface area contributed by atoms with E-state index in [-0.39, 0.29) is 31.1 Å². The van der Waals surface area contributed by atoms with Crippen LogP contribution in [0.15, 0.2) is 11.3 Å². The van der Waals surface area contributed by atoms with E-state index in [0.717, 1.165) is 4.90 Å². The quantitative estimate of drug-likeness (QED) is 0.360. The average Bonchev–Trinajstić information content (AvgIpc) is 3.02. The number of aromatic amines is 1. The fourth-order valence-electron chi connectivity index (χ4n) is 3.87. The summed E-state index contributed by atoms with van der Waals surface area (Å²) >= 11 is 1.28. The van der Waals surface area contributed by atoms with Crippen LogP contribution in [0.5, 0.6) is 0 Å². The third-order valence-electron chi connectivity index (χ3n) is 5.37. The first-order valence-electron chi connectivity index (χ1n) is 10.2. The summed E-state index contributed by atoms with van der Waals surface area (Å²) in [5.74, 6) is -3.08. The second-order valence-corrected chi connectivity index (χ2v) is 8.72. The fourth-order valence-corrected chi connectivity index (χ4v) is 5.20. The molecule has 1 aromatic rings. The number of rotatable bonds is 8. The van der Waals surface area contributed by atoms with Gasteiger partial charge in [-0.1, -0.05) is 0 Å². The Morgan fingerprint density at radius 2 is 1.94 bits per heavy atom. The van der Waals surface area contributed by atoms with Crippen molar-refractivity contribution in [2.45, 2.75) is 45.5 Å². The molecule has 0 bridgehead atoms. The van der Waals surface area contributed by atoms with E-state index in [0.29, 0.717) is 28.1 Å². The van der Waals surface area contributed by atoms with Gasteiger partial charge in [0.15, 0.2) is 0 Å². The highest BCUT2D eigenvalue weighted by atomic mass is 32.2. The predicted octanol–water partition coefficient (Wildman–Crippen LogP) is 0.652. The van der Waals surface area contributed by atoms with Gasteiger partial charge in [0.1, 0.15) is 23.7 Å². The van der Waals surface area contributed by atoms with E-state index in [1.54, 1.807) is 20.8 Å². The molecule has 1 aromatic heterocycles. The SMILES string of the molecule is CCOC(=O)c1c(C)[nH]c(CC(=O)N[C@@H]2C(=O)N3C(C(=O)O)=C(COC(C)=O)CS[C@H]23)c1C. The van der Waals surface area contributed by atoms with Crippen LogP contribution in [0.4, 0.5) is 0 Å². The predicted molar refractivity (Wildman–Crippen MR) is 116 cm³/mol. The zero-order chi connectivity index (χ0) is 24.4. The summed E-state index contributed by atoms with van der Waals surface area (Å²) in [6.45, 7) is 6.35. The van der Waals surface area contributed by atoms with Crippen LogP contribution in [0.2, 0.25) is 0 Å². The van der Waals surface area contributed by atoms with Crippen LogP contribution in [0, 0.1) is 13.8 Å². The Balaban J connectivity index is 1.69. The van der Waals surface area contributed by atoms with Crippen LogP contribution in [0.25, 0.3) is 0 Å². The van der Waals surface area contributed by atoms with Gasteiger partial charge in [-0.15, -0.1) is 11.8 Å². The Morgan fingerprint density at radius 1 is 1.24 bits per heavy atom. The maximum Gasteiger partial charge on any atom is 0.352 e. The van der Waals surface area contributed by atoms with E-state index < -0.39 is 41.1 Å². The van der Waals surface area contributed by atoms with Gasteiger partial charge in [0.05, 0.1) is 18.6 Å². The van der Waals surface area contributed by atoms with Gasteiger partial charge < -0.3 is 24.9 Å². The van der Waals surface area contributed by atoms with Crippen molar-refractivity contribution in [3.8, 4) is 0 Å². The highest BCUT2D eigenvalue weighted by Gasteiger charge is 2.54. The van der Waals surface area contributed by atoms with Gasteiger partial charge in [-0.2, -0.15) is 0 Å². The number of carbonyl (C=O) groups is 5. The molecule has 0 saturated carbocycles. The highest BCUT2D eigenvalue weighted by molar-refractivity contribution is 8.00. The van der Waals surface area contributed by atoms with Gasteiger partial charge in [-0.3, -0.25) is 19.3 Å². The Kier molecular flexibility index (Phi) is 7.15. The minimum atomic E-state index is -1.30. The average molecular weight is 480 g/mol. The number of aliphatic carboxylic acids is 1. The maximum atomic E-state index is 12.7. The van der Waals surface area contributed by atoms with Crippen LogP contribution in [0.3, 0.4) is 0 Å². The van der Waals surface area contributed by atoms with Crippen molar-refractivity contribution in [2.75, 3.05) is 19.0 Å². The largest absolute Gasteiger partial charge is 0.477 e. The number of nitrogens with zero attached hydrogens (tertiary/aromatic N) is 1. The van der Waals surface area contributed by atoms with Crippen molar-refractivity contribution in [2.24, 2.45) is 0 Å². The van der Waals surface area contributed by atoms with Crippen LogP contribution >= 0.6 is 11.8 Å². The summed E-state index contributed by atoms with van der Waals surface area (Å²) in [4.78, 5) is 64.4. The van der Waals surface area contributed by atoms with Crippen molar-refractivity contribution in [1.82, 2.24) is 15.2 Å². The minimum Gasteiger partial charge on any atom is -0.477 e. The molecule has 2 amide bonds. The second-order valence-electron chi connectivity index (χ2n) is 7.62. The molecule has 2 atom stereocenters. The second kappa shape index (κ2) is 9.69. The number of fused-ring (bicyclic) bond motifs is 1. The zero-order valence-corrected chi connectivity index (χ0v) is 19.5. The molecule has 3 heterocycles. The lowest BCUT2D eigenvalue weighted by molar-refractivity contribution is -0.151. The smallest absolute Gasteiger partial charge is 0.352 e. The number of thioether (sulfide) groups is 1. The molecule has 1 fully saturated rings. The third kappa shape index (κ3) is 4.75. The molecule has 2 aliphatic heterocycles. The molecule has 0 spiro atoms. The summed E-state index contributed by atoms with van der Waals surface area (Å²) in [5.41, 5.74) is 2.19. The van der Waals surface area contributed by atoms with Gasteiger partial charge in [-0.05, 0) is 26.3 Å². The number of esters is 2. The molecule has 12 heteroatoms. The number of H-pyrrole nitrogens is 1. The Labute approximate surface area is 193 Å². The first kappa shape index (κ1) is 24.4. The topological polar surface area (TPSA) is 155 Å².